The molecular formula is C17H25FN2O. The molecule has 0 spiro atoms. The Morgan fingerprint density at radius 2 is 1.95 bits per heavy atom. The van der Waals surface area contributed by atoms with Gasteiger partial charge in [0.1, 0.15) is 5.82 Å². The van der Waals surface area contributed by atoms with Gasteiger partial charge >= 0.3 is 0 Å². The highest BCUT2D eigenvalue weighted by Gasteiger charge is 2.25. The van der Waals surface area contributed by atoms with Crippen molar-refractivity contribution in [2.45, 2.75) is 25.8 Å². The average molecular weight is 292 g/mol. The van der Waals surface area contributed by atoms with Crippen LogP contribution in [0.5, 0.6) is 0 Å². The number of carbonyl (C=O) groups is 1. The van der Waals surface area contributed by atoms with E-state index in [2.05, 4.69) is 23.9 Å². The van der Waals surface area contributed by atoms with Crippen LogP contribution in [-0.2, 0) is 0 Å². The number of hydrogen-bond donors (Lipinski definition) is 0. The number of ketones is 1. The Kier molecular flexibility index (Phi) is 5.48. The fourth-order valence-electron chi connectivity index (χ4n) is 3.02. The summed E-state index contributed by atoms with van der Waals surface area (Å²) >= 11 is 0. The molecule has 0 bridgehead atoms. The van der Waals surface area contributed by atoms with E-state index in [9.17, 15) is 9.18 Å². The zero-order valence-electron chi connectivity index (χ0n) is 13.2. The summed E-state index contributed by atoms with van der Waals surface area (Å²) in [5, 5.41) is 0. The lowest BCUT2D eigenvalue weighted by atomic mass is 9.96. The van der Waals surface area contributed by atoms with E-state index >= 15 is 0 Å². The van der Waals surface area contributed by atoms with Gasteiger partial charge in [0.15, 0.2) is 5.78 Å². The maximum Gasteiger partial charge on any atom is 0.169 e. The van der Waals surface area contributed by atoms with Crippen LogP contribution >= 0.6 is 0 Å². The number of carbonyl (C=O) groups excluding carboxylic acids is 1. The molecule has 0 radical (unpaired) electrons. The van der Waals surface area contributed by atoms with Gasteiger partial charge in [-0.05, 0) is 52.2 Å². The highest BCUT2D eigenvalue weighted by Crippen LogP contribution is 2.18. The van der Waals surface area contributed by atoms with Crippen LogP contribution in [-0.4, -0.2) is 55.4 Å². The third-order valence-electron chi connectivity index (χ3n) is 4.41. The fourth-order valence-corrected chi connectivity index (χ4v) is 3.02. The molecule has 0 N–H and O–H groups in total. The van der Waals surface area contributed by atoms with Crippen molar-refractivity contribution in [2.75, 3.05) is 33.7 Å². The molecule has 1 heterocycles. The smallest absolute Gasteiger partial charge is 0.169 e. The van der Waals surface area contributed by atoms with Gasteiger partial charge in [0.05, 0.1) is 5.56 Å². The van der Waals surface area contributed by atoms with Crippen LogP contribution in [0.4, 0.5) is 4.39 Å². The number of piperidine rings is 1. The minimum absolute atomic E-state index is 0.0946. The molecule has 1 saturated heterocycles. The number of rotatable bonds is 5. The summed E-state index contributed by atoms with van der Waals surface area (Å²) in [6, 6.07) is 6.89. The van der Waals surface area contributed by atoms with Crippen molar-refractivity contribution in [3.8, 4) is 0 Å². The minimum Gasteiger partial charge on any atom is -0.306 e. The molecule has 0 aliphatic carbocycles. The molecule has 1 fully saturated rings. The predicted molar refractivity (Wildman–Crippen MR) is 83.0 cm³/mol. The van der Waals surface area contributed by atoms with Crippen molar-refractivity contribution in [1.82, 2.24) is 9.80 Å². The number of hydrogen-bond acceptors (Lipinski definition) is 3. The van der Waals surface area contributed by atoms with Crippen LogP contribution < -0.4 is 0 Å². The van der Waals surface area contributed by atoms with Crippen LogP contribution in [0.2, 0.25) is 0 Å². The molecule has 2 rings (SSSR count). The Bertz CT molecular complexity index is 481. The lowest BCUT2D eigenvalue weighted by molar-refractivity contribution is 0.0849. The van der Waals surface area contributed by atoms with Crippen LogP contribution in [0.25, 0.3) is 0 Å². The van der Waals surface area contributed by atoms with E-state index in [0.29, 0.717) is 12.6 Å². The Hall–Kier alpha value is -1.26. The normalized spacial score (nSPS) is 18.9. The lowest BCUT2D eigenvalue weighted by Gasteiger charge is -2.36. The first-order chi connectivity index (χ1) is 9.99. The molecule has 1 unspecified atom stereocenters. The molecule has 0 aromatic heterocycles. The number of nitrogens with zero attached hydrogens (tertiary/aromatic N) is 2. The SMILES string of the molecule is CC(CN1CCC(N(C)C)CC1)C(=O)c1ccccc1F. The Balaban J connectivity index is 1.89. The van der Waals surface area contributed by atoms with E-state index in [4.69, 9.17) is 0 Å². The summed E-state index contributed by atoms with van der Waals surface area (Å²) in [5.74, 6) is -0.679. The first-order valence-corrected chi connectivity index (χ1v) is 7.66. The largest absolute Gasteiger partial charge is 0.306 e. The Labute approximate surface area is 126 Å². The fraction of sp³-hybridized carbons (Fsp3) is 0.588. The summed E-state index contributed by atoms with van der Waals surface area (Å²) in [6.45, 7) is 4.63. The highest BCUT2D eigenvalue weighted by molar-refractivity contribution is 5.98. The maximum atomic E-state index is 13.7. The molecule has 1 aliphatic rings. The van der Waals surface area contributed by atoms with Gasteiger partial charge in [-0.1, -0.05) is 19.1 Å². The van der Waals surface area contributed by atoms with Gasteiger partial charge in [-0.25, -0.2) is 4.39 Å². The van der Waals surface area contributed by atoms with Crippen LogP contribution in [0.15, 0.2) is 24.3 Å². The second kappa shape index (κ2) is 7.14. The van der Waals surface area contributed by atoms with E-state index < -0.39 is 5.82 Å². The summed E-state index contributed by atoms with van der Waals surface area (Å²) in [6.07, 6.45) is 2.27. The monoisotopic (exact) mass is 292 g/mol. The van der Waals surface area contributed by atoms with Gasteiger partial charge < -0.3 is 9.80 Å². The van der Waals surface area contributed by atoms with E-state index in [1.807, 2.05) is 6.92 Å². The number of halogens is 1. The van der Waals surface area contributed by atoms with Gasteiger partial charge in [-0.3, -0.25) is 4.79 Å². The summed E-state index contributed by atoms with van der Waals surface area (Å²) in [5.41, 5.74) is 0.216. The molecule has 1 atom stereocenters. The van der Waals surface area contributed by atoms with Gasteiger partial charge in [-0.2, -0.15) is 0 Å². The summed E-state index contributed by atoms with van der Waals surface area (Å²) in [7, 11) is 4.23. The van der Waals surface area contributed by atoms with Gasteiger partial charge in [-0.15, -0.1) is 0 Å². The van der Waals surface area contributed by atoms with E-state index in [0.717, 1.165) is 25.9 Å². The molecule has 3 nitrogen and oxygen atoms in total. The van der Waals surface area contributed by atoms with Crippen molar-refractivity contribution < 1.29 is 9.18 Å². The molecule has 0 amide bonds. The minimum atomic E-state index is -0.416. The third-order valence-corrected chi connectivity index (χ3v) is 4.41. The molecule has 21 heavy (non-hydrogen) atoms. The van der Waals surface area contributed by atoms with Gasteiger partial charge in [0.25, 0.3) is 0 Å². The zero-order valence-corrected chi connectivity index (χ0v) is 13.2. The van der Waals surface area contributed by atoms with Crippen molar-refractivity contribution in [3.63, 3.8) is 0 Å². The van der Waals surface area contributed by atoms with E-state index in [-0.39, 0.29) is 17.3 Å². The molecule has 4 heteroatoms. The third kappa shape index (κ3) is 4.11. The van der Waals surface area contributed by atoms with Gasteiger partial charge in [0.2, 0.25) is 0 Å². The molecule has 1 aliphatic heterocycles. The second-order valence-corrected chi connectivity index (χ2v) is 6.24. The zero-order chi connectivity index (χ0) is 15.4. The Morgan fingerprint density at radius 3 is 2.52 bits per heavy atom. The van der Waals surface area contributed by atoms with Crippen molar-refractivity contribution in [3.05, 3.63) is 35.6 Å². The topological polar surface area (TPSA) is 23.6 Å². The van der Waals surface area contributed by atoms with Gasteiger partial charge in [0, 0.05) is 18.5 Å². The first-order valence-electron chi connectivity index (χ1n) is 7.66. The number of benzene rings is 1. The van der Waals surface area contributed by atoms with Crippen LogP contribution in [0.1, 0.15) is 30.1 Å². The Morgan fingerprint density at radius 1 is 1.33 bits per heavy atom. The summed E-state index contributed by atoms with van der Waals surface area (Å²) < 4.78 is 13.7. The standard InChI is InChI=1S/C17H25FN2O/c1-13(17(21)15-6-4-5-7-16(15)18)12-20-10-8-14(9-11-20)19(2)3/h4-7,13-14H,8-12H2,1-3H3. The van der Waals surface area contributed by atoms with Crippen molar-refractivity contribution in [2.24, 2.45) is 5.92 Å². The van der Waals surface area contributed by atoms with Crippen molar-refractivity contribution >= 4 is 5.78 Å². The second-order valence-electron chi connectivity index (χ2n) is 6.24. The van der Waals surface area contributed by atoms with Crippen molar-refractivity contribution in [1.29, 1.82) is 0 Å². The summed E-state index contributed by atoms with van der Waals surface area (Å²) in [4.78, 5) is 16.9. The highest BCUT2D eigenvalue weighted by atomic mass is 19.1. The molecule has 0 saturated carbocycles. The average Bonchev–Trinajstić information content (AvgIpc) is 2.47. The van der Waals surface area contributed by atoms with E-state index in [1.54, 1.807) is 18.2 Å². The number of likely N-dealkylation sites (tertiary alicyclic amines) is 1. The molecule has 116 valence electrons. The molecule has 1 aromatic carbocycles. The maximum absolute atomic E-state index is 13.7. The molecular weight excluding hydrogens is 267 g/mol. The first kappa shape index (κ1) is 16.1. The van der Waals surface area contributed by atoms with Crippen LogP contribution in [0.3, 0.4) is 0 Å². The van der Waals surface area contributed by atoms with E-state index in [1.165, 1.54) is 6.07 Å². The molecule has 1 aromatic rings. The van der Waals surface area contributed by atoms with Crippen LogP contribution in [0, 0.1) is 11.7 Å². The lowest BCUT2D eigenvalue weighted by Crippen LogP contribution is -2.44. The number of Topliss-reactive ketones (excluding diaryl/α,β-unsaturated/α-hetero) is 1. The quantitative estimate of drug-likeness (QED) is 0.780. The predicted octanol–water partition coefficient (Wildman–Crippen LogP) is 2.67.